The minimum atomic E-state index is -0.397. The Labute approximate surface area is 128 Å². The van der Waals surface area contributed by atoms with Crippen LogP contribution < -0.4 is 11.1 Å². The third-order valence-electron chi connectivity index (χ3n) is 2.45. The lowest BCUT2D eigenvalue weighted by Crippen LogP contribution is -2.08. The summed E-state index contributed by atoms with van der Waals surface area (Å²) in [5, 5.41) is 3.40. The molecule has 2 aromatic carbocycles. The maximum absolute atomic E-state index is 13.1. The van der Waals surface area contributed by atoms with Crippen molar-refractivity contribution in [1.82, 2.24) is 0 Å². The second kappa shape index (κ2) is 5.86. The van der Waals surface area contributed by atoms with E-state index in [2.05, 4.69) is 21.2 Å². The maximum atomic E-state index is 13.1. The summed E-state index contributed by atoms with van der Waals surface area (Å²) < 4.78 is 13.7. The predicted molar refractivity (Wildman–Crippen MR) is 84.7 cm³/mol. The first-order chi connectivity index (χ1) is 8.97. The first kappa shape index (κ1) is 14.2. The van der Waals surface area contributed by atoms with Gasteiger partial charge in [-0.25, -0.2) is 4.39 Å². The van der Waals surface area contributed by atoms with E-state index in [0.29, 0.717) is 20.2 Å². The molecule has 0 heterocycles. The van der Waals surface area contributed by atoms with Crippen molar-refractivity contribution in [2.75, 3.05) is 5.32 Å². The van der Waals surface area contributed by atoms with Crippen LogP contribution in [0.4, 0.5) is 15.8 Å². The molecule has 0 spiro atoms. The molecule has 2 rings (SSSR count). The Morgan fingerprint density at radius 2 is 1.89 bits per heavy atom. The summed E-state index contributed by atoms with van der Waals surface area (Å²) in [6.07, 6.45) is 0. The van der Waals surface area contributed by atoms with E-state index in [4.69, 9.17) is 29.6 Å². The number of halogens is 3. The van der Waals surface area contributed by atoms with Crippen molar-refractivity contribution in [3.05, 3.63) is 57.3 Å². The molecule has 98 valence electrons. The van der Waals surface area contributed by atoms with Crippen LogP contribution in [0.15, 0.2) is 40.9 Å². The fourth-order valence-electron chi connectivity index (χ4n) is 1.52. The maximum Gasteiger partial charge on any atom is 0.125 e. The quantitative estimate of drug-likeness (QED) is 0.785. The Bertz CT molecular complexity index is 608. The zero-order valence-corrected chi connectivity index (χ0v) is 12.7. The average molecular weight is 360 g/mol. The van der Waals surface area contributed by atoms with Crippen LogP contribution in [0.3, 0.4) is 0 Å². The van der Waals surface area contributed by atoms with Crippen LogP contribution in [-0.4, -0.2) is 4.99 Å². The van der Waals surface area contributed by atoms with Gasteiger partial charge in [-0.05, 0) is 52.3 Å². The summed E-state index contributed by atoms with van der Waals surface area (Å²) in [4.78, 5) is 0.340. The van der Waals surface area contributed by atoms with Gasteiger partial charge in [-0.2, -0.15) is 0 Å². The average Bonchev–Trinajstić information content (AvgIpc) is 2.34. The summed E-state index contributed by atoms with van der Waals surface area (Å²) in [5.74, 6) is -0.397. The Morgan fingerprint density at radius 3 is 2.42 bits per heavy atom. The van der Waals surface area contributed by atoms with Crippen molar-refractivity contribution in [3.63, 3.8) is 0 Å². The number of nitrogens with two attached hydrogens (primary N) is 1. The summed E-state index contributed by atoms with van der Waals surface area (Å²) >= 11 is 14.1. The van der Waals surface area contributed by atoms with Crippen LogP contribution in [0.5, 0.6) is 0 Å². The van der Waals surface area contributed by atoms with Crippen LogP contribution in [-0.2, 0) is 0 Å². The van der Waals surface area contributed by atoms with Gasteiger partial charge in [-0.1, -0.05) is 23.8 Å². The Kier molecular flexibility index (Phi) is 4.39. The van der Waals surface area contributed by atoms with Gasteiger partial charge in [-0.15, -0.1) is 0 Å². The minimum Gasteiger partial charge on any atom is -0.389 e. The van der Waals surface area contributed by atoms with E-state index in [1.54, 1.807) is 12.1 Å². The van der Waals surface area contributed by atoms with E-state index in [1.807, 2.05) is 12.1 Å². The summed E-state index contributed by atoms with van der Waals surface area (Å²) in [5.41, 5.74) is 7.71. The first-order valence-corrected chi connectivity index (χ1v) is 6.87. The smallest absolute Gasteiger partial charge is 0.125 e. The van der Waals surface area contributed by atoms with Crippen molar-refractivity contribution in [2.45, 2.75) is 0 Å². The third-order valence-corrected chi connectivity index (χ3v) is 3.60. The molecule has 0 amide bonds. The zero-order valence-electron chi connectivity index (χ0n) is 9.58. The molecule has 0 saturated heterocycles. The number of benzene rings is 2. The minimum absolute atomic E-state index is 0.297. The van der Waals surface area contributed by atoms with Gasteiger partial charge in [0.05, 0.1) is 10.7 Å². The number of rotatable bonds is 3. The van der Waals surface area contributed by atoms with E-state index in [-0.39, 0.29) is 0 Å². The van der Waals surface area contributed by atoms with Gasteiger partial charge in [0.25, 0.3) is 0 Å². The lowest BCUT2D eigenvalue weighted by atomic mass is 10.2. The van der Waals surface area contributed by atoms with E-state index < -0.39 is 5.82 Å². The summed E-state index contributed by atoms with van der Waals surface area (Å²) in [6, 6.07) is 9.84. The van der Waals surface area contributed by atoms with Crippen molar-refractivity contribution >= 4 is 56.1 Å². The third kappa shape index (κ3) is 3.43. The molecule has 0 fully saturated rings. The monoisotopic (exact) mass is 358 g/mol. The Morgan fingerprint density at radius 1 is 1.26 bits per heavy atom. The molecule has 0 aromatic heterocycles. The van der Waals surface area contributed by atoms with E-state index in [1.165, 1.54) is 12.1 Å². The van der Waals surface area contributed by atoms with Crippen molar-refractivity contribution in [1.29, 1.82) is 0 Å². The lowest BCUT2D eigenvalue weighted by molar-refractivity contribution is 0.627. The molecule has 0 radical (unpaired) electrons. The highest BCUT2D eigenvalue weighted by atomic mass is 79.9. The van der Waals surface area contributed by atoms with Crippen LogP contribution in [0, 0.1) is 5.82 Å². The molecule has 0 aliphatic rings. The first-order valence-electron chi connectivity index (χ1n) is 5.29. The zero-order chi connectivity index (χ0) is 14.0. The number of hydrogen-bond donors (Lipinski definition) is 2. The number of nitrogens with one attached hydrogen (secondary N) is 1. The van der Waals surface area contributed by atoms with Gasteiger partial charge in [0.2, 0.25) is 0 Å². The molecule has 0 aliphatic heterocycles. The second-order valence-corrected chi connectivity index (χ2v) is 5.51. The molecule has 6 heteroatoms. The molecular formula is C13H9BrClFN2S. The molecule has 3 N–H and O–H groups in total. The van der Waals surface area contributed by atoms with Gasteiger partial charge < -0.3 is 11.1 Å². The molecular weight excluding hydrogens is 351 g/mol. The van der Waals surface area contributed by atoms with E-state index in [0.717, 1.165) is 11.3 Å². The molecule has 0 unspecified atom stereocenters. The van der Waals surface area contributed by atoms with Crippen LogP contribution in [0.25, 0.3) is 0 Å². The number of anilines is 2. The van der Waals surface area contributed by atoms with Gasteiger partial charge in [0.1, 0.15) is 10.8 Å². The predicted octanol–water partition coefficient (Wildman–Crippen LogP) is 4.62. The van der Waals surface area contributed by atoms with Crippen molar-refractivity contribution in [3.8, 4) is 0 Å². The summed E-state index contributed by atoms with van der Waals surface area (Å²) in [6.45, 7) is 0. The van der Waals surface area contributed by atoms with Crippen LogP contribution >= 0.6 is 39.7 Å². The highest BCUT2D eigenvalue weighted by Crippen LogP contribution is 2.34. The fourth-order valence-corrected chi connectivity index (χ4v) is 2.56. The fraction of sp³-hybridized carbons (Fsp3) is 0. The van der Waals surface area contributed by atoms with Gasteiger partial charge in [-0.3, -0.25) is 0 Å². The van der Waals surface area contributed by atoms with Gasteiger partial charge >= 0.3 is 0 Å². The molecule has 0 saturated carbocycles. The number of hydrogen-bond acceptors (Lipinski definition) is 2. The Hall–Kier alpha value is -1.17. The topological polar surface area (TPSA) is 38.0 Å². The van der Waals surface area contributed by atoms with Crippen LogP contribution in [0.2, 0.25) is 5.02 Å². The molecule has 19 heavy (non-hydrogen) atoms. The molecule has 0 bridgehead atoms. The molecule has 2 nitrogen and oxygen atoms in total. The largest absolute Gasteiger partial charge is 0.389 e. The van der Waals surface area contributed by atoms with Crippen molar-refractivity contribution in [2.24, 2.45) is 5.73 Å². The highest BCUT2D eigenvalue weighted by molar-refractivity contribution is 9.10. The highest BCUT2D eigenvalue weighted by Gasteiger charge is 2.08. The molecule has 2 aromatic rings. The van der Waals surface area contributed by atoms with Gasteiger partial charge in [0.15, 0.2) is 0 Å². The Balaban J connectivity index is 2.29. The second-order valence-electron chi connectivity index (χ2n) is 3.81. The standard InChI is InChI=1S/C13H9BrClFN2S/c14-10-5-8(16)6-11(15)12(10)18-9-3-1-7(2-4-9)13(17)19/h1-6,18H,(H2,17,19). The van der Waals surface area contributed by atoms with Crippen LogP contribution in [0.1, 0.15) is 5.56 Å². The normalized spacial score (nSPS) is 10.3. The molecule has 0 aliphatic carbocycles. The lowest BCUT2D eigenvalue weighted by Gasteiger charge is -2.11. The molecule has 0 atom stereocenters. The van der Waals surface area contributed by atoms with Crippen molar-refractivity contribution < 1.29 is 4.39 Å². The van der Waals surface area contributed by atoms with E-state index in [9.17, 15) is 4.39 Å². The summed E-state index contributed by atoms with van der Waals surface area (Å²) in [7, 11) is 0. The van der Waals surface area contributed by atoms with Gasteiger partial charge in [0, 0.05) is 15.7 Å². The van der Waals surface area contributed by atoms with E-state index >= 15 is 0 Å². The number of thiocarbonyl (C=S) groups is 1. The SMILES string of the molecule is NC(=S)c1ccc(Nc2c(Cl)cc(F)cc2Br)cc1.